The Hall–Kier alpha value is -3.16. The molecular weight excluding hydrogens is 399 g/mol. The Bertz CT molecular complexity index is 928. The van der Waals surface area contributed by atoms with Crippen LogP contribution in [0.2, 0.25) is 6.32 Å². The van der Waals surface area contributed by atoms with Gasteiger partial charge in [0.15, 0.2) is 0 Å². The highest BCUT2D eigenvalue weighted by molar-refractivity contribution is 6.41. The number of hydrogen-bond donors (Lipinski definition) is 5. The van der Waals surface area contributed by atoms with Crippen molar-refractivity contribution >= 4 is 19.0 Å². The van der Waals surface area contributed by atoms with Gasteiger partial charge in [-0.2, -0.15) is 0 Å². The van der Waals surface area contributed by atoms with Crippen molar-refractivity contribution in [3.63, 3.8) is 0 Å². The third-order valence-electron chi connectivity index (χ3n) is 4.65. The smallest absolute Gasteiger partial charge is 0.451 e. The number of carboxylic acid groups (broad SMARTS) is 1. The lowest BCUT2D eigenvalue weighted by Gasteiger charge is -2.39. The van der Waals surface area contributed by atoms with Gasteiger partial charge in [0.1, 0.15) is 35.4 Å². The molecule has 2 aromatic rings. The number of aliphatic hydroxyl groups excluding tert-OH is 1. The zero-order valence-corrected chi connectivity index (χ0v) is 15.9. The summed E-state index contributed by atoms with van der Waals surface area (Å²) in [5, 5.41) is 54.0. The van der Waals surface area contributed by atoms with Gasteiger partial charge in [0, 0.05) is 0 Å². The van der Waals surface area contributed by atoms with E-state index in [4.69, 9.17) is 19.9 Å². The van der Waals surface area contributed by atoms with Gasteiger partial charge >= 0.3 is 13.1 Å². The van der Waals surface area contributed by atoms with E-state index in [0.29, 0.717) is 5.69 Å². The molecule has 160 valence electrons. The molecular formula is C17H21BN4O8. The summed E-state index contributed by atoms with van der Waals surface area (Å²) in [7, 11) is -1.57. The third-order valence-corrected chi connectivity index (χ3v) is 4.65. The average molecular weight is 420 g/mol. The molecule has 0 saturated carbocycles. The minimum absolute atomic E-state index is 0.0331. The lowest BCUT2D eigenvalue weighted by atomic mass is 9.82. The van der Waals surface area contributed by atoms with Crippen molar-refractivity contribution in [2.45, 2.75) is 32.0 Å². The van der Waals surface area contributed by atoms with Crippen molar-refractivity contribution in [1.82, 2.24) is 19.9 Å². The molecule has 1 aliphatic heterocycles. The van der Waals surface area contributed by atoms with Crippen LogP contribution in [-0.4, -0.2) is 83.4 Å². The highest BCUT2D eigenvalue weighted by atomic mass is 16.5. The Morgan fingerprint density at radius 3 is 2.60 bits per heavy atom. The van der Waals surface area contributed by atoms with Crippen LogP contribution >= 0.6 is 0 Å². The number of phenols is 1. The van der Waals surface area contributed by atoms with Crippen molar-refractivity contribution < 1.29 is 39.7 Å². The monoisotopic (exact) mass is 420 g/mol. The standard InChI is InChI=1S/C17H21BN4O8/c23-9-11-5-22(20-19-11)8-14(24)21-6-12(7-21)30-13-2-1-10(3-4-18(28)29)16(25)15(13)17(26)27/h1-2,5,12,23,25,28-29H,3-4,6-9H2,(H,26,27). The molecule has 0 aliphatic carbocycles. The molecule has 1 saturated heterocycles. The lowest BCUT2D eigenvalue weighted by Crippen LogP contribution is -2.57. The first-order chi connectivity index (χ1) is 14.3. The molecule has 1 fully saturated rings. The molecule has 0 spiro atoms. The molecule has 1 aliphatic rings. The molecule has 0 atom stereocenters. The fourth-order valence-corrected chi connectivity index (χ4v) is 3.03. The summed E-state index contributed by atoms with van der Waals surface area (Å²) in [5.41, 5.74) is 0.197. The maximum absolute atomic E-state index is 12.2. The number of rotatable bonds is 9. The van der Waals surface area contributed by atoms with Crippen molar-refractivity contribution in [1.29, 1.82) is 0 Å². The van der Waals surface area contributed by atoms with E-state index in [2.05, 4.69) is 10.3 Å². The van der Waals surface area contributed by atoms with Crippen LogP contribution in [0.3, 0.4) is 0 Å². The van der Waals surface area contributed by atoms with Crippen LogP contribution in [0, 0.1) is 0 Å². The summed E-state index contributed by atoms with van der Waals surface area (Å²) in [6.45, 7) is 0.148. The Kier molecular flexibility index (Phi) is 6.55. The van der Waals surface area contributed by atoms with Crippen LogP contribution in [0.5, 0.6) is 11.5 Å². The number of amides is 1. The molecule has 1 aromatic carbocycles. The number of aromatic carboxylic acids is 1. The summed E-state index contributed by atoms with van der Waals surface area (Å²) in [6, 6.07) is 2.86. The number of carbonyl (C=O) groups is 2. The van der Waals surface area contributed by atoms with Crippen LogP contribution in [0.25, 0.3) is 0 Å². The minimum atomic E-state index is -1.57. The van der Waals surface area contributed by atoms with Crippen LogP contribution in [0.4, 0.5) is 0 Å². The summed E-state index contributed by atoms with van der Waals surface area (Å²) in [6.07, 6.45) is 1.04. The molecule has 0 unspecified atom stereocenters. The van der Waals surface area contributed by atoms with Crippen molar-refractivity contribution in [2.24, 2.45) is 0 Å². The highest BCUT2D eigenvalue weighted by Gasteiger charge is 2.34. The second-order valence-corrected chi connectivity index (χ2v) is 6.88. The van der Waals surface area contributed by atoms with Crippen molar-refractivity contribution in [2.75, 3.05) is 13.1 Å². The maximum atomic E-state index is 12.2. The van der Waals surface area contributed by atoms with Gasteiger partial charge < -0.3 is 35.0 Å². The van der Waals surface area contributed by atoms with Gasteiger partial charge in [-0.1, -0.05) is 11.3 Å². The predicted octanol–water partition coefficient (Wildman–Crippen LogP) is -1.52. The van der Waals surface area contributed by atoms with Crippen molar-refractivity contribution in [3.8, 4) is 11.5 Å². The van der Waals surface area contributed by atoms with E-state index < -0.39 is 30.5 Å². The van der Waals surface area contributed by atoms with Crippen LogP contribution in [-0.2, 0) is 24.4 Å². The number of aromatic hydroxyl groups is 1. The van der Waals surface area contributed by atoms with Gasteiger partial charge in [0.2, 0.25) is 5.91 Å². The van der Waals surface area contributed by atoms with Crippen LogP contribution in [0.15, 0.2) is 18.3 Å². The minimum Gasteiger partial charge on any atom is -0.507 e. The number of aryl methyl sites for hydroxylation is 1. The summed E-state index contributed by atoms with van der Waals surface area (Å²) in [4.78, 5) is 25.3. The molecule has 3 rings (SSSR count). The summed E-state index contributed by atoms with van der Waals surface area (Å²) >= 11 is 0. The molecule has 0 radical (unpaired) electrons. The molecule has 2 heterocycles. The first-order valence-electron chi connectivity index (χ1n) is 9.17. The van der Waals surface area contributed by atoms with E-state index in [-0.39, 0.29) is 56.2 Å². The number of benzene rings is 1. The number of hydrogen-bond acceptors (Lipinski definition) is 9. The van der Waals surface area contributed by atoms with E-state index in [9.17, 15) is 19.8 Å². The molecule has 1 amide bonds. The fourth-order valence-electron chi connectivity index (χ4n) is 3.03. The van der Waals surface area contributed by atoms with Gasteiger partial charge in [0.25, 0.3) is 0 Å². The number of aromatic nitrogens is 3. The van der Waals surface area contributed by atoms with E-state index in [1.165, 1.54) is 27.9 Å². The average Bonchev–Trinajstić information content (AvgIpc) is 3.10. The van der Waals surface area contributed by atoms with Crippen LogP contribution < -0.4 is 4.74 Å². The van der Waals surface area contributed by atoms with Crippen LogP contribution in [0.1, 0.15) is 21.6 Å². The second kappa shape index (κ2) is 9.11. The van der Waals surface area contributed by atoms with E-state index in [1.54, 1.807) is 0 Å². The Morgan fingerprint density at radius 1 is 1.27 bits per heavy atom. The molecule has 13 heteroatoms. The van der Waals surface area contributed by atoms with E-state index >= 15 is 0 Å². The normalized spacial score (nSPS) is 13.8. The van der Waals surface area contributed by atoms with Gasteiger partial charge in [-0.25, -0.2) is 9.48 Å². The predicted molar refractivity (Wildman–Crippen MR) is 101 cm³/mol. The number of carboxylic acids is 1. The number of carbonyl (C=O) groups excluding carboxylic acids is 1. The maximum Gasteiger partial charge on any atom is 0.451 e. The van der Waals surface area contributed by atoms with E-state index in [0.717, 1.165) is 0 Å². The number of likely N-dealkylation sites (tertiary alicyclic amines) is 1. The largest absolute Gasteiger partial charge is 0.507 e. The van der Waals surface area contributed by atoms with Crippen molar-refractivity contribution in [3.05, 3.63) is 35.2 Å². The van der Waals surface area contributed by atoms with Gasteiger partial charge in [-0.15, -0.1) is 5.10 Å². The quantitative estimate of drug-likeness (QED) is 0.299. The fraction of sp³-hybridized carbons (Fsp3) is 0.412. The number of ether oxygens (including phenoxy) is 1. The molecule has 0 bridgehead atoms. The highest BCUT2D eigenvalue weighted by Crippen LogP contribution is 2.34. The summed E-state index contributed by atoms with van der Waals surface area (Å²) < 4.78 is 6.97. The second-order valence-electron chi connectivity index (χ2n) is 6.88. The van der Waals surface area contributed by atoms with E-state index in [1.807, 2.05) is 0 Å². The number of nitrogens with zero attached hydrogens (tertiary/aromatic N) is 4. The van der Waals surface area contributed by atoms with Gasteiger partial charge in [0.05, 0.1) is 25.9 Å². The lowest BCUT2D eigenvalue weighted by molar-refractivity contribution is -0.140. The zero-order valence-electron chi connectivity index (χ0n) is 15.9. The molecule has 12 nitrogen and oxygen atoms in total. The Morgan fingerprint density at radius 2 is 2.00 bits per heavy atom. The van der Waals surface area contributed by atoms with Gasteiger partial charge in [-0.05, 0) is 24.4 Å². The number of aliphatic hydroxyl groups is 1. The molecule has 5 N–H and O–H groups in total. The Labute approximate surface area is 171 Å². The topological polar surface area (TPSA) is 178 Å². The third kappa shape index (κ3) is 4.87. The SMILES string of the molecule is O=C(O)c1c(OC2CN(C(=O)Cn3cc(CO)nn3)C2)ccc(CCB(O)O)c1O. The summed E-state index contributed by atoms with van der Waals surface area (Å²) in [5.74, 6) is -2.14. The zero-order chi connectivity index (χ0) is 21.8. The Balaban J connectivity index is 1.60. The first-order valence-corrected chi connectivity index (χ1v) is 9.17. The van der Waals surface area contributed by atoms with Gasteiger partial charge in [-0.3, -0.25) is 4.79 Å². The molecule has 30 heavy (non-hydrogen) atoms. The first kappa shape index (κ1) is 21.6. The molecule has 1 aromatic heterocycles.